The second-order valence-electron chi connectivity index (χ2n) is 2.41. The lowest BCUT2D eigenvalue weighted by atomic mass is 10.4. The Hall–Kier alpha value is -1.35. The van der Waals surface area contributed by atoms with Crippen molar-refractivity contribution in [3.8, 4) is 0 Å². The van der Waals surface area contributed by atoms with Gasteiger partial charge in [0.05, 0.1) is 16.7 Å². The Kier molecular flexibility index (Phi) is 1.59. The van der Waals surface area contributed by atoms with Crippen molar-refractivity contribution >= 4 is 28.9 Å². The molecule has 4 heteroatoms. The number of aldehydes is 1. The van der Waals surface area contributed by atoms with Gasteiger partial charge in [-0.3, -0.25) is 4.79 Å². The molecule has 2 aromatic heterocycles. The fraction of sp³-hybridized carbons (Fsp3) is 0. The van der Waals surface area contributed by atoms with E-state index in [1.165, 1.54) is 0 Å². The molecular formula is C8H5ClN2O. The van der Waals surface area contributed by atoms with Crippen molar-refractivity contribution in [3.05, 3.63) is 29.0 Å². The van der Waals surface area contributed by atoms with Crippen LogP contribution in [0.4, 0.5) is 0 Å². The van der Waals surface area contributed by atoms with Gasteiger partial charge in [0.25, 0.3) is 0 Å². The molecule has 0 spiro atoms. The van der Waals surface area contributed by atoms with Crippen LogP contribution in [-0.2, 0) is 0 Å². The van der Waals surface area contributed by atoms with Gasteiger partial charge in [-0.05, 0) is 18.2 Å². The van der Waals surface area contributed by atoms with E-state index in [0.29, 0.717) is 16.4 Å². The molecule has 60 valence electrons. The Morgan fingerprint density at radius 3 is 3.08 bits per heavy atom. The number of aromatic nitrogens is 2. The van der Waals surface area contributed by atoms with Crippen molar-refractivity contribution in [1.29, 1.82) is 0 Å². The number of aromatic amines is 1. The zero-order chi connectivity index (χ0) is 8.55. The highest BCUT2D eigenvalue weighted by molar-refractivity contribution is 6.29. The standard InChI is InChI=1S/C8H5ClN2O/c9-8-2-1-6-7(11-8)3-5(4-12)10-6/h1-4,10H. The molecule has 0 unspecified atom stereocenters. The van der Waals surface area contributed by atoms with Crippen LogP contribution < -0.4 is 0 Å². The number of fused-ring (bicyclic) bond motifs is 1. The van der Waals surface area contributed by atoms with E-state index in [0.717, 1.165) is 11.8 Å². The van der Waals surface area contributed by atoms with Crippen molar-refractivity contribution in [2.24, 2.45) is 0 Å². The number of nitrogens with one attached hydrogen (secondary N) is 1. The maximum atomic E-state index is 10.4. The fourth-order valence-corrected chi connectivity index (χ4v) is 1.22. The Bertz CT molecular complexity index is 436. The van der Waals surface area contributed by atoms with Gasteiger partial charge in [0.15, 0.2) is 6.29 Å². The number of rotatable bonds is 1. The lowest BCUT2D eigenvalue weighted by molar-refractivity contribution is 0.112. The minimum Gasteiger partial charge on any atom is -0.351 e. The van der Waals surface area contributed by atoms with E-state index in [1.54, 1.807) is 18.2 Å². The average Bonchev–Trinajstić information content (AvgIpc) is 2.46. The summed E-state index contributed by atoms with van der Waals surface area (Å²) in [6.07, 6.45) is 0.746. The van der Waals surface area contributed by atoms with Crippen molar-refractivity contribution in [2.75, 3.05) is 0 Å². The minimum atomic E-state index is 0.430. The summed E-state index contributed by atoms with van der Waals surface area (Å²) in [5.74, 6) is 0. The Morgan fingerprint density at radius 2 is 2.33 bits per heavy atom. The van der Waals surface area contributed by atoms with E-state index in [9.17, 15) is 4.79 Å². The quantitative estimate of drug-likeness (QED) is 0.539. The molecule has 1 N–H and O–H groups in total. The molecule has 3 nitrogen and oxygen atoms in total. The summed E-state index contributed by atoms with van der Waals surface area (Å²) in [6, 6.07) is 5.13. The molecule has 0 amide bonds. The summed E-state index contributed by atoms with van der Waals surface area (Å²) in [6.45, 7) is 0. The first-order valence-corrected chi connectivity index (χ1v) is 3.78. The van der Waals surface area contributed by atoms with Crippen LogP contribution in [0.5, 0.6) is 0 Å². The molecule has 2 rings (SSSR count). The summed E-state index contributed by atoms with van der Waals surface area (Å²) in [5.41, 5.74) is 2.05. The second-order valence-corrected chi connectivity index (χ2v) is 2.80. The average molecular weight is 181 g/mol. The fourth-order valence-electron chi connectivity index (χ4n) is 1.07. The minimum absolute atomic E-state index is 0.430. The van der Waals surface area contributed by atoms with Crippen LogP contribution in [0.2, 0.25) is 5.15 Å². The number of halogens is 1. The van der Waals surface area contributed by atoms with Gasteiger partial charge in [-0.25, -0.2) is 4.98 Å². The van der Waals surface area contributed by atoms with Gasteiger partial charge in [-0.2, -0.15) is 0 Å². The van der Waals surface area contributed by atoms with Gasteiger partial charge in [0.1, 0.15) is 5.15 Å². The lowest BCUT2D eigenvalue weighted by Crippen LogP contribution is -1.75. The summed E-state index contributed by atoms with van der Waals surface area (Å²) in [7, 11) is 0. The second kappa shape index (κ2) is 2.60. The third kappa shape index (κ3) is 1.08. The van der Waals surface area contributed by atoms with Crippen LogP contribution >= 0.6 is 11.6 Å². The van der Waals surface area contributed by atoms with Crippen molar-refractivity contribution in [2.45, 2.75) is 0 Å². The van der Waals surface area contributed by atoms with E-state index >= 15 is 0 Å². The number of carbonyl (C=O) groups excluding carboxylic acids is 1. The molecule has 0 bridgehead atoms. The maximum absolute atomic E-state index is 10.4. The van der Waals surface area contributed by atoms with Crippen LogP contribution in [0.1, 0.15) is 10.5 Å². The zero-order valence-electron chi connectivity index (χ0n) is 6.04. The monoisotopic (exact) mass is 180 g/mol. The first-order valence-electron chi connectivity index (χ1n) is 3.40. The van der Waals surface area contributed by atoms with Crippen LogP contribution in [0.15, 0.2) is 18.2 Å². The molecular weight excluding hydrogens is 176 g/mol. The zero-order valence-corrected chi connectivity index (χ0v) is 6.80. The van der Waals surface area contributed by atoms with E-state index in [2.05, 4.69) is 9.97 Å². The number of carbonyl (C=O) groups is 1. The van der Waals surface area contributed by atoms with Gasteiger partial charge in [0.2, 0.25) is 0 Å². The number of hydrogen-bond acceptors (Lipinski definition) is 2. The molecule has 2 aromatic rings. The predicted molar refractivity (Wildman–Crippen MR) is 46.5 cm³/mol. The number of nitrogens with zero attached hydrogens (tertiary/aromatic N) is 1. The molecule has 0 saturated heterocycles. The highest BCUT2D eigenvalue weighted by atomic mass is 35.5. The number of pyridine rings is 1. The Morgan fingerprint density at radius 1 is 1.50 bits per heavy atom. The van der Waals surface area contributed by atoms with Crippen LogP contribution in [0.25, 0.3) is 11.0 Å². The lowest BCUT2D eigenvalue weighted by Gasteiger charge is -1.87. The third-order valence-electron chi connectivity index (χ3n) is 1.59. The van der Waals surface area contributed by atoms with Gasteiger partial charge in [-0.15, -0.1) is 0 Å². The van der Waals surface area contributed by atoms with E-state index in [4.69, 9.17) is 11.6 Å². The first kappa shape index (κ1) is 7.31. The highest BCUT2D eigenvalue weighted by Crippen LogP contribution is 2.14. The maximum Gasteiger partial charge on any atom is 0.166 e. The third-order valence-corrected chi connectivity index (χ3v) is 1.80. The summed E-state index contributed by atoms with van der Waals surface area (Å²) >= 11 is 5.66. The number of H-pyrrole nitrogens is 1. The molecule has 0 aliphatic rings. The van der Waals surface area contributed by atoms with Crippen LogP contribution in [0.3, 0.4) is 0 Å². The topological polar surface area (TPSA) is 45.8 Å². The normalized spacial score (nSPS) is 10.4. The van der Waals surface area contributed by atoms with E-state index in [-0.39, 0.29) is 0 Å². The highest BCUT2D eigenvalue weighted by Gasteiger charge is 2.00. The van der Waals surface area contributed by atoms with E-state index < -0.39 is 0 Å². The molecule has 0 fully saturated rings. The van der Waals surface area contributed by atoms with Gasteiger partial charge >= 0.3 is 0 Å². The molecule has 0 aliphatic heterocycles. The van der Waals surface area contributed by atoms with Crippen molar-refractivity contribution in [3.63, 3.8) is 0 Å². The summed E-state index contributed by atoms with van der Waals surface area (Å²) in [5, 5.41) is 0.430. The molecule has 0 aromatic carbocycles. The van der Waals surface area contributed by atoms with E-state index in [1.807, 2.05) is 0 Å². The summed E-state index contributed by atoms with van der Waals surface area (Å²) < 4.78 is 0. The predicted octanol–water partition coefficient (Wildman–Crippen LogP) is 2.03. The molecule has 0 atom stereocenters. The van der Waals surface area contributed by atoms with Crippen molar-refractivity contribution in [1.82, 2.24) is 9.97 Å². The molecule has 0 radical (unpaired) electrons. The molecule has 0 saturated carbocycles. The smallest absolute Gasteiger partial charge is 0.166 e. The SMILES string of the molecule is O=Cc1cc2nc(Cl)ccc2[nH]1. The van der Waals surface area contributed by atoms with Gasteiger partial charge < -0.3 is 4.98 Å². The van der Waals surface area contributed by atoms with Gasteiger partial charge in [-0.1, -0.05) is 11.6 Å². The summed E-state index contributed by atoms with van der Waals surface area (Å²) in [4.78, 5) is 17.3. The molecule has 0 aliphatic carbocycles. The Labute approximate surface area is 73.4 Å². The Balaban J connectivity index is 2.75. The largest absolute Gasteiger partial charge is 0.351 e. The van der Waals surface area contributed by atoms with Crippen molar-refractivity contribution < 1.29 is 4.79 Å². The molecule has 2 heterocycles. The van der Waals surface area contributed by atoms with Crippen LogP contribution in [0, 0.1) is 0 Å². The van der Waals surface area contributed by atoms with Gasteiger partial charge in [0, 0.05) is 0 Å². The first-order chi connectivity index (χ1) is 5.79. The van der Waals surface area contributed by atoms with Crippen LogP contribution in [-0.4, -0.2) is 16.3 Å². The molecule has 12 heavy (non-hydrogen) atoms. The number of hydrogen-bond donors (Lipinski definition) is 1.